The maximum atomic E-state index is 12.4. The van der Waals surface area contributed by atoms with Crippen LogP contribution < -0.4 is 5.32 Å². The molecule has 2 aliphatic heterocycles. The molecule has 1 unspecified atom stereocenters. The summed E-state index contributed by atoms with van der Waals surface area (Å²) in [6, 6.07) is 0.949. The summed E-state index contributed by atoms with van der Waals surface area (Å²) in [4.78, 5) is 16.9. The van der Waals surface area contributed by atoms with Crippen LogP contribution in [0.15, 0.2) is 0 Å². The maximum absolute atomic E-state index is 12.4. The third-order valence-electron chi connectivity index (χ3n) is 4.02. The average molecular weight is 223 g/mol. The topological polar surface area (TPSA) is 35.6 Å². The van der Waals surface area contributed by atoms with Gasteiger partial charge in [-0.2, -0.15) is 0 Å². The van der Waals surface area contributed by atoms with Crippen molar-refractivity contribution in [1.82, 2.24) is 15.1 Å². The van der Waals surface area contributed by atoms with E-state index in [2.05, 4.69) is 15.1 Å². The lowest BCUT2D eigenvalue weighted by Crippen LogP contribution is -2.52. The molecule has 0 aromatic heterocycles. The lowest BCUT2D eigenvalue weighted by molar-refractivity contribution is -0.136. The van der Waals surface area contributed by atoms with E-state index in [4.69, 9.17) is 0 Å². The van der Waals surface area contributed by atoms with E-state index in [9.17, 15) is 4.79 Å². The van der Waals surface area contributed by atoms with Crippen LogP contribution in [-0.2, 0) is 4.79 Å². The molecule has 0 spiro atoms. The number of piperazine rings is 1. The summed E-state index contributed by atoms with van der Waals surface area (Å²) in [7, 11) is 0. The van der Waals surface area contributed by atoms with Gasteiger partial charge in [0.2, 0.25) is 5.91 Å². The minimum absolute atomic E-state index is 0.214. The third kappa shape index (κ3) is 1.96. The van der Waals surface area contributed by atoms with Gasteiger partial charge < -0.3 is 10.2 Å². The van der Waals surface area contributed by atoms with Crippen molar-refractivity contribution in [2.24, 2.45) is 0 Å². The lowest BCUT2D eigenvalue weighted by Gasteiger charge is -2.33. The Morgan fingerprint density at radius 2 is 1.81 bits per heavy atom. The Morgan fingerprint density at radius 3 is 2.50 bits per heavy atom. The van der Waals surface area contributed by atoms with Gasteiger partial charge in [0.1, 0.15) is 0 Å². The Labute approximate surface area is 97.0 Å². The first-order valence-electron chi connectivity index (χ1n) is 6.61. The van der Waals surface area contributed by atoms with Crippen LogP contribution in [0, 0.1) is 0 Å². The SMILES string of the molecule is O=C(C1CCCN1C1CC1)N1CCNCC1. The lowest BCUT2D eigenvalue weighted by atomic mass is 10.1. The van der Waals surface area contributed by atoms with Crippen molar-refractivity contribution in [3.63, 3.8) is 0 Å². The summed E-state index contributed by atoms with van der Waals surface area (Å²) in [5.41, 5.74) is 0. The number of hydrogen-bond donors (Lipinski definition) is 1. The Bertz CT molecular complexity index is 271. The molecule has 0 bridgehead atoms. The first-order valence-corrected chi connectivity index (χ1v) is 6.61. The second kappa shape index (κ2) is 4.34. The maximum Gasteiger partial charge on any atom is 0.240 e. The van der Waals surface area contributed by atoms with Gasteiger partial charge in [-0.05, 0) is 32.2 Å². The highest BCUT2D eigenvalue weighted by molar-refractivity contribution is 5.82. The zero-order chi connectivity index (χ0) is 11.0. The highest BCUT2D eigenvalue weighted by Crippen LogP contribution is 2.33. The largest absolute Gasteiger partial charge is 0.339 e. The molecule has 0 radical (unpaired) electrons. The molecular weight excluding hydrogens is 202 g/mol. The van der Waals surface area contributed by atoms with Crippen LogP contribution in [-0.4, -0.2) is 60.5 Å². The van der Waals surface area contributed by atoms with Gasteiger partial charge in [-0.25, -0.2) is 0 Å². The van der Waals surface area contributed by atoms with Crippen LogP contribution in [0.1, 0.15) is 25.7 Å². The van der Waals surface area contributed by atoms with Crippen LogP contribution in [0.2, 0.25) is 0 Å². The van der Waals surface area contributed by atoms with E-state index < -0.39 is 0 Å². The first-order chi connectivity index (χ1) is 7.86. The predicted molar refractivity (Wildman–Crippen MR) is 62.2 cm³/mol. The fourth-order valence-electron chi connectivity index (χ4n) is 2.99. The standard InChI is InChI=1S/C12H21N3O/c16-12(14-8-5-13-6-9-14)11-2-1-7-15(11)10-3-4-10/h10-11,13H,1-9H2. The molecule has 1 saturated carbocycles. The number of carbonyl (C=O) groups excluding carboxylic acids is 1. The quantitative estimate of drug-likeness (QED) is 0.718. The zero-order valence-corrected chi connectivity index (χ0v) is 9.82. The van der Waals surface area contributed by atoms with Gasteiger partial charge in [-0.3, -0.25) is 9.69 Å². The van der Waals surface area contributed by atoms with Gasteiger partial charge in [0.05, 0.1) is 6.04 Å². The fourth-order valence-corrected chi connectivity index (χ4v) is 2.99. The zero-order valence-electron chi connectivity index (χ0n) is 9.82. The second-order valence-corrected chi connectivity index (χ2v) is 5.20. The molecule has 1 amide bonds. The molecule has 3 aliphatic rings. The van der Waals surface area contributed by atoms with Crippen molar-refractivity contribution in [2.45, 2.75) is 37.8 Å². The van der Waals surface area contributed by atoms with Crippen LogP contribution in [0.25, 0.3) is 0 Å². The molecule has 90 valence electrons. The van der Waals surface area contributed by atoms with E-state index in [1.54, 1.807) is 0 Å². The van der Waals surface area contributed by atoms with Crippen molar-refractivity contribution in [2.75, 3.05) is 32.7 Å². The van der Waals surface area contributed by atoms with E-state index in [-0.39, 0.29) is 6.04 Å². The number of hydrogen-bond acceptors (Lipinski definition) is 3. The molecule has 2 heterocycles. The summed E-state index contributed by atoms with van der Waals surface area (Å²) >= 11 is 0. The van der Waals surface area contributed by atoms with Gasteiger partial charge in [0, 0.05) is 32.2 Å². The molecule has 0 aromatic rings. The Balaban J connectivity index is 1.63. The molecule has 1 atom stereocenters. The average Bonchev–Trinajstić information content (AvgIpc) is 3.07. The molecule has 0 aromatic carbocycles. The summed E-state index contributed by atoms with van der Waals surface area (Å²) in [5.74, 6) is 0.394. The Kier molecular flexibility index (Phi) is 2.86. The Hall–Kier alpha value is -0.610. The van der Waals surface area contributed by atoms with E-state index in [1.807, 2.05) is 0 Å². The molecule has 16 heavy (non-hydrogen) atoms. The number of amides is 1. The summed E-state index contributed by atoms with van der Waals surface area (Å²) in [6.07, 6.45) is 4.91. The molecule has 3 rings (SSSR count). The minimum Gasteiger partial charge on any atom is -0.339 e. The minimum atomic E-state index is 0.214. The van der Waals surface area contributed by atoms with Crippen LogP contribution in [0.3, 0.4) is 0 Å². The van der Waals surface area contributed by atoms with Crippen molar-refractivity contribution in [1.29, 1.82) is 0 Å². The van der Waals surface area contributed by atoms with E-state index >= 15 is 0 Å². The number of nitrogens with zero attached hydrogens (tertiary/aromatic N) is 2. The summed E-state index contributed by atoms with van der Waals surface area (Å²) in [6.45, 7) is 4.86. The molecular formula is C12H21N3O. The van der Waals surface area contributed by atoms with Gasteiger partial charge in [-0.15, -0.1) is 0 Å². The molecule has 1 N–H and O–H groups in total. The molecule has 2 saturated heterocycles. The second-order valence-electron chi connectivity index (χ2n) is 5.20. The van der Waals surface area contributed by atoms with Crippen LogP contribution >= 0.6 is 0 Å². The van der Waals surface area contributed by atoms with Gasteiger partial charge >= 0.3 is 0 Å². The number of carbonyl (C=O) groups is 1. The Morgan fingerprint density at radius 1 is 1.06 bits per heavy atom. The molecule has 4 heteroatoms. The number of rotatable bonds is 2. The predicted octanol–water partition coefficient (Wildman–Crippen LogP) is 0.0450. The monoisotopic (exact) mass is 223 g/mol. The van der Waals surface area contributed by atoms with Crippen molar-refractivity contribution < 1.29 is 4.79 Å². The van der Waals surface area contributed by atoms with Crippen molar-refractivity contribution in [3.8, 4) is 0 Å². The highest BCUT2D eigenvalue weighted by Gasteiger charge is 2.41. The van der Waals surface area contributed by atoms with Crippen LogP contribution in [0.4, 0.5) is 0 Å². The smallest absolute Gasteiger partial charge is 0.240 e. The summed E-state index contributed by atoms with van der Waals surface area (Å²) < 4.78 is 0. The van der Waals surface area contributed by atoms with Gasteiger partial charge in [-0.1, -0.05) is 0 Å². The third-order valence-corrected chi connectivity index (χ3v) is 4.02. The number of likely N-dealkylation sites (tertiary alicyclic amines) is 1. The molecule has 4 nitrogen and oxygen atoms in total. The highest BCUT2D eigenvalue weighted by atomic mass is 16.2. The van der Waals surface area contributed by atoms with Crippen molar-refractivity contribution >= 4 is 5.91 Å². The fraction of sp³-hybridized carbons (Fsp3) is 0.917. The molecule has 1 aliphatic carbocycles. The normalized spacial score (nSPS) is 32.0. The van der Waals surface area contributed by atoms with E-state index in [0.717, 1.165) is 45.2 Å². The van der Waals surface area contributed by atoms with Gasteiger partial charge in [0.15, 0.2) is 0 Å². The van der Waals surface area contributed by atoms with E-state index in [0.29, 0.717) is 5.91 Å². The summed E-state index contributed by atoms with van der Waals surface area (Å²) in [5, 5.41) is 3.30. The number of nitrogens with one attached hydrogen (secondary N) is 1. The van der Waals surface area contributed by atoms with Crippen molar-refractivity contribution in [3.05, 3.63) is 0 Å². The van der Waals surface area contributed by atoms with E-state index in [1.165, 1.54) is 19.3 Å². The molecule has 3 fully saturated rings. The van der Waals surface area contributed by atoms with Gasteiger partial charge in [0.25, 0.3) is 0 Å². The first kappa shape index (κ1) is 10.5. The van der Waals surface area contributed by atoms with Crippen LogP contribution in [0.5, 0.6) is 0 Å².